The molecule has 0 bridgehead atoms. The van der Waals surface area contributed by atoms with E-state index in [0.29, 0.717) is 28.6 Å². The number of benzene rings is 1. The number of hydrogen-bond acceptors (Lipinski definition) is 10. The number of carbonyl (C=O) groups excluding carboxylic acids is 1. The lowest BCUT2D eigenvalue weighted by Crippen LogP contribution is -2.16. The maximum atomic E-state index is 12.2. The average Bonchev–Trinajstić information content (AvgIpc) is 3.34. The van der Waals surface area contributed by atoms with E-state index in [1.165, 1.54) is 20.4 Å². The molecule has 0 radical (unpaired) electrons. The number of para-hydroxylation sites is 2. The smallest absolute Gasteiger partial charge is 0.271 e. The van der Waals surface area contributed by atoms with Crippen LogP contribution in [-0.2, 0) is 0 Å². The predicted octanol–water partition coefficient (Wildman–Crippen LogP) is 1.63. The van der Waals surface area contributed by atoms with Gasteiger partial charge in [0.2, 0.25) is 11.6 Å². The van der Waals surface area contributed by atoms with Gasteiger partial charge in [-0.2, -0.15) is 10.2 Å². The molecule has 1 amide bonds. The number of rotatable bonds is 7. The first-order valence-corrected chi connectivity index (χ1v) is 8.87. The quantitative estimate of drug-likeness (QED) is 0.449. The highest BCUT2D eigenvalue weighted by Gasteiger charge is 2.23. The van der Waals surface area contributed by atoms with Crippen LogP contribution in [0.15, 0.2) is 42.6 Å². The Labute approximate surface area is 175 Å². The molecule has 0 saturated heterocycles. The van der Waals surface area contributed by atoms with Crippen molar-refractivity contribution >= 4 is 5.91 Å². The number of ether oxygens (including phenoxy) is 3. The zero-order valence-corrected chi connectivity index (χ0v) is 16.4. The van der Waals surface area contributed by atoms with Gasteiger partial charge in [0, 0.05) is 11.8 Å². The molecule has 12 heteroatoms. The van der Waals surface area contributed by atoms with Crippen molar-refractivity contribution in [2.24, 2.45) is 5.73 Å². The van der Waals surface area contributed by atoms with Gasteiger partial charge in [0.1, 0.15) is 5.69 Å². The highest BCUT2D eigenvalue weighted by Crippen LogP contribution is 2.38. The fourth-order valence-corrected chi connectivity index (χ4v) is 2.73. The van der Waals surface area contributed by atoms with Crippen molar-refractivity contribution in [3.8, 4) is 46.0 Å². The number of methoxy groups -OCH3 is 2. The third-order valence-corrected chi connectivity index (χ3v) is 4.13. The maximum Gasteiger partial charge on any atom is 0.271 e. The van der Waals surface area contributed by atoms with Gasteiger partial charge in [0.25, 0.3) is 11.8 Å². The molecular formula is C19H16N8O4. The number of carbonyl (C=O) groups is 1. The zero-order valence-electron chi connectivity index (χ0n) is 16.4. The molecule has 0 saturated carbocycles. The van der Waals surface area contributed by atoms with Gasteiger partial charge >= 0.3 is 0 Å². The fourth-order valence-electron chi connectivity index (χ4n) is 2.73. The Kier molecular flexibility index (Phi) is 5.34. The molecule has 4 aromatic rings. The van der Waals surface area contributed by atoms with Crippen molar-refractivity contribution in [2.45, 2.75) is 0 Å². The van der Waals surface area contributed by atoms with Gasteiger partial charge in [-0.15, -0.1) is 10.2 Å². The van der Waals surface area contributed by atoms with Crippen LogP contribution in [0.1, 0.15) is 10.5 Å². The number of H-pyrrole nitrogens is 1. The van der Waals surface area contributed by atoms with E-state index >= 15 is 0 Å². The van der Waals surface area contributed by atoms with Crippen molar-refractivity contribution in [1.29, 1.82) is 0 Å². The summed E-state index contributed by atoms with van der Waals surface area (Å²) < 4.78 is 16.5. The van der Waals surface area contributed by atoms with Crippen LogP contribution in [0, 0.1) is 0 Å². The Morgan fingerprint density at radius 2 is 1.84 bits per heavy atom. The molecule has 31 heavy (non-hydrogen) atoms. The van der Waals surface area contributed by atoms with Gasteiger partial charge in [-0.05, 0) is 29.5 Å². The summed E-state index contributed by atoms with van der Waals surface area (Å²) in [7, 11) is 2.89. The van der Waals surface area contributed by atoms with E-state index in [1.54, 1.807) is 36.4 Å². The summed E-state index contributed by atoms with van der Waals surface area (Å²) in [6.07, 6.45) is 1.53. The first-order chi connectivity index (χ1) is 15.1. The number of aromatic nitrogens is 7. The van der Waals surface area contributed by atoms with E-state index in [9.17, 15) is 4.79 Å². The van der Waals surface area contributed by atoms with Crippen LogP contribution in [0.2, 0.25) is 0 Å². The Balaban J connectivity index is 1.81. The lowest BCUT2D eigenvalue weighted by atomic mass is 10.2. The first kappa shape index (κ1) is 19.7. The van der Waals surface area contributed by atoms with Crippen LogP contribution >= 0.6 is 0 Å². The molecule has 0 spiro atoms. The van der Waals surface area contributed by atoms with Gasteiger partial charge in [0.05, 0.1) is 14.2 Å². The molecule has 1 aromatic carbocycles. The minimum Gasteiger partial charge on any atom is -0.493 e. The highest BCUT2D eigenvalue weighted by atomic mass is 16.5. The van der Waals surface area contributed by atoms with E-state index in [2.05, 4.69) is 35.6 Å². The summed E-state index contributed by atoms with van der Waals surface area (Å²) in [5.74, 6) is 0.413. The summed E-state index contributed by atoms with van der Waals surface area (Å²) in [6.45, 7) is 0. The van der Waals surface area contributed by atoms with E-state index in [1.807, 2.05) is 0 Å². The lowest BCUT2D eigenvalue weighted by Gasteiger charge is -2.15. The minimum absolute atomic E-state index is 0.0163. The van der Waals surface area contributed by atoms with Crippen molar-refractivity contribution in [1.82, 2.24) is 35.6 Å². The Hall–Kier alpha value is -4.61. The summed E-state index contributed by atoms with van der Waals surface area (Å²) in [5.41, 5.74) is 6.38. The average molecular weight is 420 g/mol. The second-order valence-corrected chi connectivity index (χ2v) is 6.02. The van der Waals surface area contributed by atoms with Crippen LogP contribution in [0.4, 0.5) is 0 Å². The molecule has 0 aliphatic heterocycles. The van der Waals surface area contributed by atoms with Crippen molar-refractivity contribution < 1.29 is 19.0 Å². The number of hydrogen-bond donors (Lipinski definition) is 2. The molecule has 3 aromatic heterocycles. The summed E-state index contributed by atoms with van der Waals surface area (Å²) in [5, 5.41) is 13.7. The molecule has 0 fully saturated rings. The number of primary amides is 1. The van der Waals surface area contributed by atoms with E-state index < -0.39 is 5.91 Å². The molecule has 3 N–H and O–H groups in total. The number of nitrogens with one attached hydrogen (secondary N) is 1. The highest BCUT2D eigenvalue weighted by molar-refractivity contribution is 5.95. The monoisotopic (exact) mass is 420 g/mol. The fraction of sp³-hybridized carbons (Fsp3) is 0.105. The van der Waals surface area contributed by atoms with E-state index in [4.69, 9.17) is 19.9 Å². The van der Waals surface area contributed by atoms with Crippen LogP contribution in [0.3, 0.4) is 0 Å². The van der Waals surface area contributed by atoms with Gasteiger partial charge in [0.15, 0.2) is 23.0 Å². The van der Waals surface area contributed by atoms with E-state index in [0.717, 1.165) is 0 Å². The molecule has 156 valence electrons. The number of aromatic amines is 1. The van der Waals surface area contributed by atoms with Crippen LogP contribution in [-0.4, -0.2) is 55.7 Å². The van der Waals surface area contributed by atoms with Crippen molar-refractivity contribution in [2.75, 3.05) is 14.2 Å². The number of tetrazole rings is 1. The van der Waals surface area contributed by atoms with E-state index in [-0.39, 0.29) is 23.1 Å². The second-order valence-electron chi connectivity index (χ2n) is 6.02. The second kappa shape index (κ2) is 8.41. The SMILES string of the molecule is COc1ccccc1Oc1c(OC)nc(-c2ccnc(-c3nn[nH]n3)c2)nc1C(N)=O. The standard InChI is InChI=1S/C19H16N8O4/c1-29-12-5-3-4-6-13(12)31-15-14(16(20)28)22-17(23-19(15)30-2)10-7-8-21-11(9-10)18-24-26-27-25-18/h3-9H,1-2H3,(H2,20,28)(H,24,25,26,27). The van der Waals surface area contributed by atoms with Gasteiger partial charge in [-0.3, -0.25) is 9.78 Å². The topological polar surface area (TPSA) is 164 Å². The molecule has 0 aliphatic rings. The number of pyridine rings is 1. The van der Waals surface area contributed by atoms with Crippen LogP contribution in [0.5, 0.6) is 23.1 Å². The Bertz CT molecular complexity index is 1230. The number of nitrogens with two attached hydrogens (primary N) is 1. The summed E-state index contributed by atoms with van der Waals surface area (Å²) in [4.78, 5) is 25.1. The third-order valence-electron chi connectivity index (χ3n) is 4.13. The summed E-state index contributed by atoms with van der Waals surface area (Å²) >= 11 is 0. The number of amides is 1. The van der Waals surface area contributed by atoms with Crippen molar-refractivity contribution in [3.63, 3.8) is 0 Å². The molecule has 3 heterocycles. The molecule has 0 unspecified atom stereocenters. The van der Waals surface area contributed by atoms with Crippen molar-refractivity contribution in [3.05, 3.63) is 48.3 Å². The summed E-state index contributed by atoms with van der Waals surface area (Å²) in [6, 6.07) is 10.2. The molecule has 0 aliphatic carbocycles. The normalized spacial score (nSPS) is 10.5. The predicted molar refractivity (Wildman–Crippen MR) is 107 cm³/mol. The third kappa shape index (κ3) is 3.94. The molecular weight excluding hydrogens is 404 g/mol. The zero-order chi connectivity index (χ0) is 21.8. The van der Waals surface area contributed by atoms with Crippen LogP contribution < -0.4 is 19.9 Å². The Morgan fingerprint density at radius 3 is 2.52 bits per heavy atom. The minimum atomic E-state index is -0.820. The first-order valence-electron chi connectivity index (χ1n) is 8.87. The Morgan fingerprint density at radius 1 is 1.03 bits per heavy atom. The maximum absolute atomic E-state index is 12.2. The van der Waals surface area contributed by atoms with Gasteiger partial charge in [-0.25, -0.2) is 4.98 Å². The lowest BCUT2D eigenvalue weighted by molar-refractivity contribution is 0.0992. The van der Waals surface area contributed by atoms with Gasteiger partial charge in [-0.1, -0.05) is 12.1 Å². The molecule has 4 rings (SSSR count). The van der Waals surface area contributed by atoms with Crippen LogP contribution in [0.25, 0.3) is 22.9 Å². The number of nitrogens with zero attached hydrogens (tertiary/aromatic N) is 6. The molecule has 0 atom stereocenters. The molecule has 12 nitrogen and oxygen atoms in total. The van der Waals surface area contributed by atoms with Gasteiger partial charge < -0.3 is 19.9 Å². The largest absolute Gasteiger partial charge is 0.493 e.